The van der Waals surface area contributed by atoms with Gasteiger partial charge in [0.2, 0.25) is 5.91 Å². The van der Waals surface area contributed by atoms with Crippen molar-refractivity contribution in [1.82, 2.24) is 24.5 Å². The molecule has 0 aliphatic carbocycles. The van der Waals surface area contributed by atoms with Crippen LogP contribution < -0.4 is 0 Å². The molecule has 52 heavy (non-hydrogen) atoms. The number of unbranched alkanes of at least 4 members (excludes halogenated alkanes) is 18. The molecule has 0 atom stereocenters. The highest BCUT2D eigenvalue weighted by Crippen LogP contribution is 2.14. The van der Waals surface area contributed by atoms with Crippen molar-refractivity contribution in [3.8, 4) is 0 Å². The maximum absolute atomic E-state index is 13.9. The van der Waals surface area contributed by atoms with Gasteiger partial charge in [-0.05, 0) is 12.8 Å². The molecule has 1 amide bonds. The van der Waals surface area contributed by atoms with Gasteiger partial charge in [-0.3, -0.25) is 38.8 Å². The zero-order chi connectivity index (χ0) is 38.2. The molecular formula is C40H77N5O7. The summed E-state index contributed by atoms with van der Waals surface area (Å²) in [5, 5.41) is 28.6. The standard InChI is InChI=1S/C40H77N5O7/c1-3-5-7-9-11-13-15-17-19-21-23-45(24-22-20-18-16-14-12-10-8-6-4-2)37(46)33-41-25-27-42(34-38(47)48)29-31-44(36-40(51)52)32-30-43(28-26-41)35-39(49)50/h3-36H2,1-2H3,(H,47,48)(H,49,50)(H,51,52). The Labute approximate surface area is 316 Å². The molecule has 304 valence electrons. The first-order chi connectivity index (χ1) is 25.1. The van der Waals surface area contributed by atoms with Gasteiger partial charge in [0.25, 0.3) is 0 Å². The molecule has 0 saturated carbocycles. The van der Waals surface area contributed by atoms with Crippen LogP contribution >= 0.6 is 0 Å². The van der Waals surface area contributed by atoms with E-state index in [4.69, 9.17) is 0 Å². The fourth-order valence-electron chi connectivity index (χ4n) is 7.02. The van der Waals surface area contributed by atoms with Gasteiger partial charge in [0.1, 0.15) is 0 Å². The number of aliphatic carboxylic acids is 3. The zero-order valence-corrected chi connectivity index (χ0v) is 33.3. The first kappa shape index (κ1) is 47.7. The molecule has 3 N–H and O–H groups in total. The molecule has 0 bridgehead atoms. The van der Waals surface area contributed by atoms with E-state index >= 15 is 0 Å². The fourth-order valence-corrected chi connectivity index (χ4v) is 7.02. The third kappa shape index (κ3) is 27.3. The second-order valence-electron chi connectivity index (χ2n) is 15.0. The number of amides is 1. The summed E-state index contributed by atoms with van der Waals surface area (Å²) in [6.45, 7) is 8.84. The highest BCUT2D eigenvalue weighted by Gasteiger charge is 2.23. The molecule has 12 heteroatoms. The van der Waals surface area contributed by atoms with Gasteiger partial charge in [-0.2, -0.15) is 0 Å². The van der Waals surface area contributed by atoms with E-state index in [0.29, 0.717) is 52.4 Å². The predicted octanol–water partition coefficient (Wildman–Crippen LogP) is 6.13. The number of nitrogens with zero attached hydrogens (tertiary/aromatic N) is 5. The zero-order valence-electron chi connectivity index (χ0n) is 33.3. The number of carboxylic acid groups (broad SMARTS) is 3. The summed E-state index contributed by atoms with van der Waals surface area (Å²) < 4.78 is 0. The Morgan fingerprint density at radius 2 is 0.615 bits per heavy atom. The quantitative estimate of drug-likeness (QED) is 0.0732. The molecule has 1 heterocycles. The third-order valence-electron chi connectivity index (χ3n) is 10.3. The lowest BCUT2D eigenvalue weighted by molar-refractivity contribution is -0.140. The molecule has 1 aliphatic heterocycles. The SMILES string of the molecule is CCCCCCCCCCCCN(CCCCCCCCCCCC)C(=O)CN1CCN(CC(=O)O)CCN(CC(=O)O)CCN(CC(=O)O)CC1. The lowest BCUT2D eigenvalue weighted by Crippen LogP contribution is -2.50. The Bertz CT molecular complexity index is 884. The van der Waals surface area contributed by atoms with Gasteiger partial charge in [0, 0.05) is 65.4 Å². The second-order valence-corrected chi connectivity index (χ2v) is 15.0. The number of rotatable bonds is 30. The summed E-state index contributed by atoms with van der Waals surface area (Å²) in [7, 11) is 0. The van der Waals surface area contributed by atoms with Crippen molar-refractivity contribution in [2.75, 3.05) is 91.6 Å². The Morgan fingerprint density at radius 3 is 0.865 bits per heavy atom. The minimum absolute atomic E-state index is 0.0844. The molecule has 0 aromatic heterocycles. The first-order valence-corrected chi connectivity index (χ1v) is 21.0. The van der Waals surface area contributed by atoms with Crippen LogP contribution in [0.25, 0.3) is 0 Å². The van der Waals surface area contributed by atoms with Gasteiger partial charge in [-0.1, -0.05) is 129 Å². The minimum Gasteiger partial charge on any atom is -0.480 e. The van der Waals surface area contributed by atoms with E-state index in [0.717, 1.165) is 38.8 Å². The second kappa shape index (κ2) is 32.2. The van der Waals surface area contributed by atoms with E-state index in [-0.39, 0.29) is 32.1 Å². The van der Waals surface area contributed by atoms with Crippen molar-refractivity contribution in [3.05, 3.63) is 0 Å². The molecule has 0 aromatic rings. The van der Waals surface area contributed by atoms with E-state index < -0.39 is 17.9 Å². The van der Waals surface area contributed by atoms with Crippen LogP contribution in [0.1, 0.15) is 142 Å². The minimum atomic E-state index is -0.980. The summed E-state index contributed by atoms with van der Waals surface area (Å²) in [5.74, 6) is -2.80. The topological polar surface area (TPSA) is 145 Å². The average molecular weight is 740 g/mol. The van der Waals surface area contributed by atoms with Gasteiger partial charge in [-0.15, -0.1) is 0 Å². The average Bonchev–Trinajstić information content (AvgIpc) is 3.09. The fraction of sp³-hybridized carbons (Fsp3) is 0.900. The van der Waals surface area contributed by atoms with Crippen molar-refractivity contribution in [3.63, 3.8) is 0 Å². The van der Waals surface area contributed by atoms with Crippen molar-refractivity contribution in [2.45, 2.75) is 142 Å². The van der Waals surface area contributed by atoms with E-state index in [2.05, 4.69) is 13.8 Å². The van der Waals surface area contributed by atoms with Crippen molar-refractivity contribution < 1.29 is 34.5 Å². The summed E-state index contributed by atoms with van der Waals surface area (Å²) in [5.41, 5.74) is 0. The van der Waals surface area contributed by atoms with E-state index in [1.807, 2.05) is 9.80 Å². The molecule has 0 spiro atoms. The summed E-state index contributed by atoms with van der Waals surface area (Å²) in [6.07, 6.45) is 24.8. The Morgan fingerprint density at radius 1 is 0.385 bits per heavy atom. The monoisotopic (exact) mass is 740 g/mol. The highest BCUT2D eigenvalue weighted by molar-refractivity contribution is 5.78. The lowest BCUT2D eigenvalue weighted by atomic mass is 10.1. The highest BCUT2D eigenvalue weighted by atomic mass is 16.4. The molecule has 1 saturated heterocycles. The van der Waals surface area contributed by atoms with Crippen LogP contribution in [0, 0.1) is 0 Å². The molecule has 1 fully saturated rings. The maximum atomic E-state index is 13.9. The maximum Gasteiger partial charge on any atom is 0.317 e. The number of carbonyl (C=O) groups excluding carboxylic acids is 1. The molecule has 12 nitrogen and oxygen atoms in total. The van der Waals surface area contributed by atoms with E-state index in [9.17, 15) is 34.5 Å². The summed E-state index contributed by atoms with van der Waals surface area (Å²) in [6, 6.07) is 0. The van der Waals surface area contributed by atoms with Crippen molar-refractivity contribution in [2.24, 2.45) is 0 Å². The first-order valence-electron chi connectivity index (χ1n) is 21.0. The Kier molecular flexibility index (Phi) is 29.5. The molecular weight excluding hydrogens is 662 g/mol. The molecule has 0 unspecified atom stereocenters. The van der Waals surface area contributed by atoms with Crippen LogP contribution in [0.4, 0.5) is 0 Å². The largest absolute Gasteiger partial charge is 0.480 e. The summed E-state index contributed by atoms with van der Waals surface area (Å²) >= 11 is 0. The lowest BCUT2D eigenvalue weighted by Gasteiger charge is -2.33. The van der Waals surface area contributed by atoms with Gasteiger partial charge >= 0.3 is 17.9 Å². The number of carboxylic acids is 3. The van der Waals surface area contributed by atoms with Gasteiger partial charge in [0.05, 0.1) is 26.2 Å². The molecule has 0 radical (unpaired) electrons. The van der Waals surface area contributed by atoms with Crippen LogP contribution in [-0.4, -0.2) is 155 Å². The van der Waals surface area contributed by atoms with Crippen molar-refractivity contribution >= 4 is 23.8 Å². The predicted molar refractivity (Wildman–Crippen MR) is 209 cm³/mol. The van der Waals surface area contributed by atoms with Gasteiger partial charge < -0.3 is 20.2 Å². The van der Waals surface area contributed by atoms with E-state index in [1.165, 1.54) is 103 Å². The third-order valence-corrected chi connectivity index (χ3v) is 10.3. The Balaban J connectivity index is 2.87. The normalized spacial score (nSPS) is 16.0. The van der Waals surface area contributed by atoms with Gasteiger partial charge in [0.15, 0.2) is 0 Å². The van der Waals surface area contributed by atoms with Crippen LogP contribution in [0.2, 0.25) is 0 Å². The van der Waals surface area contributed by atoms with Crippen LogP contribution in [0.3, 0.4) is 0 Å². The number of carbonyl (C=O) groups is 4. The van der Waals surface area contributed by atoms with Crippen molar-refractivity contribution in [1.29, 1.82) is 0 Å². The van der Waals surface area contributed by atoms with Crippen LogP contribution in [0.5, 0.6) is 0 Å². The van der Waals surface area contributed by atoms with E-state index in [1.54, 1.807) is 14.7 Å². The molecule has 1 aliphatic rings. The summed E-state index contributed by atoms with van der Waals surface area (Å²) in [4.78, 5) is 58.2. The Hall–Kier alpha value is -2.28. The van der Waals surface area contributed by atoms with Crippen LogP contribution in [0.15, 0.2) is 0 Å². The smallest absolute Gasteiger partial charge is 0.317 e. The number of hydrogen-bond donors (Lipinski definition) is 3. The van der Waals surface area contributed by atoms with Crippen LogP contribution in [-0.2, 0) is 19.2 Å². The van der Waals surface area contributed by atoms with Gasteiger partial charge in [-0.25, -0.2) is 0 Å². The number of hydrogen-bond acceptors (Lipinski definition) is 8. The molecule has 0 aromatic carbocycles. The molecule has 1 rings (SSSR count).